The van der Waals surface area contributed by atoms with Crippen molar-refractivity contribution in [3.63, 3.8) is 0 Å². The third-order valence-corrected chi connectivity index (χ3v) is 7.99. The van der Waals surface area contributed by atoms with Gasteiger partial charge in [0.1, 0.15) is 11.1 Å². The summed E-state index contributed by atoms with van der Waals surface area (Å²) in [5.41, 5.74) is 1.91. The highest BCUT2D eigenvalue weighted by atomic mass is 79.9. The van der Waals surface area contributed by atoms with Crippen LogP contribution in [0.4, 0.5) is 0 Å². The molecule has 0 aliphatic heterocycles. The van der Waals surface area contributed by atoms with E-state index in [2.05, 4.69) is 75.6 Å². The first-order valence-corrected chi connectivity index (χ1v) is 13.1. The molecule has 0 amide bonds. The highest BCUT2D eigenvalue weighted by Crippen LogP contribution is 2.42. The highest BCUT2D eigenvalue weighted by Gasteiger charge is 2.22. The quantitative estimate of drug-likeness (QED) is 0.150. The van der Waals surface area contributed by atoms with Crippen LogP contribution in [0.15, 0.2) is 76.6 Å². The topological polar surface area (TPSA) is 35.5 Å². The second-order valence-electron chi connectivity index (χ2n) is 8.57. The van der Waals surface area contributed by atoms with Crippen LogP contribution in [-0.4, -0.2) is 18.2 Å². The monoisotopic (exact) mass is 533 g/mol. The molecule has 3 aromatic carbocycles. The van der Waals surface area contributed by atoms with Crippen LogP contribution >= 0.6 is 26.4 Å². The molecule has 1 unspecified atom stereocenters. The molecule has 3 nitrogen and oxygen atoms in total. The van der Waals surface area contributed by atoms with E-state index >= 15 is 0 Å². The minimum Gasteiger partial charge on any atom is -0.481 e. The van der Waals surface area contributed by atoms with Crippen LogP contribution in [0, 0.1) is 25.7 Å². The van der Waals surface area contributed by atoms with Crippen molar-refractivity contribution >= 4 is 42.5 Å². The van der Waals surface area contributed by atoms with E-state index in [1.54, 1.807) is 13.8 Å². The van der Waals surface area contributed by atoms with Crippen LogP contribution in [0.3, 0.4) is 0 Å². The van der Waals surface area contributed by atoms with Crippen LogP contribution in [0.5, 0.6) is 5.75 Å². The number of carbonyl (C=O) groups excluding carboxylic acids is 1. The Kier molecular flexibility index (Phi) is 7.11. The number of carbonyl (C=O) groups is 1. The molecule has 1 aromatic heterocycles. The first-order valence-electron chi connectivity index (χ1n) is 11.0. The average molecular weight is 534 g/mol. The first-order chi connectivity index (χ1) is 16.2. The molecule has 0 aliphatic rings. The molecule has 0 saturated heterocycles. The van der Waals surface area contributed by atoms with Crippen molar-refractivity contribution in [3.8, 4) is 22.5 Å². The lowest BCUT2D eigenvalue weighted by Gasteiger charge is -2.19. The summed E-state index contributed by atoms with van der Waals surface area (Å²) in [4.78, 5) is 13.8. The molecule has 0 spiro atoms. The molecule has 1 atom stereocenters. The number of aryl methyl sites for hydroxylation is 2. The number of fused-ring (bicyclic) bond motifs is 1. The van der Waals surface area contributed by atoms with E-state index in [1.807, 2.05) is 38.1 Å². The second kappa shape index (κ2) is 10.0. The van der Waals surface area contributed by atoms with Gasteiger partial charge in [-0.05, 0) is 79.0 Å². The maximum atomic E-state index is 12.5. The minimum atomic E-state index is -0.938. The summed E-state index contributed by atoms with van der Waals surface area (Å²) < 4.78 is 13.7. The fraction of sp³-hybridized carbons (Fsp3) is 0.207. The van der Waals surface area contributed by atoms with Gasteiger partial charge in [-0.1, -0.05) is 36.1 Å². The van der Waals surface area contributed by atoms with Crippen LogP contribution in [0.2, 0.25) is 0 Å². The van der Waals surface area contributed by atoms with Crippen molar-refractivity contribution in [2.24, 2.45) is 0 Å². The normalized spacial score (nSPS) is 11.6. The zero-order chi connectivity index (χ0) is 24.3. The highest BCUT2D eigenvalue weighted by molar-refractivity contribution is 9.10. The number of thiophene rings is 1. The lowest BCUT2D eigenvalue weighted by Crippen LogP contribution is -2.29. The zero-order valence-corrected chi connectivity index (χ0v) is 22.0. The van der Waals surface area contributed by atoms with E-state index in [0.717, 1.165) is 26.9 Å². The second-order valence-corrected chi connectivity index (χ2v) is 11.3. The number of hydrogen-bond donors (Lipinski definition) is 0. The summed E-state index contributed by atoms with van der Waals surface area (Å²) in [6.45, 7) is 7.40. The fourth-order valence-corrected chi connectivity index (χ4v) is 6.20. The Bertz CT molecular complexity index is 1400. The molecule has 34 heavy (non-hydrogen) atoms. The molecule has 5 heteroatoms. The van der Waals surface area contributed by atoms with Crippen LogP contribution in [-0.2, 0) is 9.53 Å². The van der Waals surface area contributed by atoms with Crippen molar-refractivity contribution in [2.45, 2.75) is 33.3 Å². The van der Waals surface area contributed by atoms with Gasteiger partial charge in [0, 0.05) is 44.1 Å². The molecule has 0 radical (unpaired) electrons. The summed E-state index contributed by atoms with van der Waals surface area (Å²) in [5, 5.41) is 3.53. The van der Waals surface area contributed by atoms with Gasteiger partial charge in [-0.2, -0.15) is 0 Å². The molecule has 0 saturated carbocycles. The van der Waals surface area contributed by atoms with Gasteiger partial charge in [0.15, 0.2) is 21.8 Å². The summed E-state index contributed by atoms with van der Waals surface area (Å²) in [5.74, 6) is 6.37. The Balaban J connectivity index is 1.44. The van der Waals surface area contributed by atoms with E-state index in [1.165, 1.54) is 15.0 Å². The molecule has 0 fully saturated rings. The van der Waals surface area contributed by atoms with Crippen molar-refractivity contribution in [2.75, 3.05) is 6.61 Å². The summed E-state index contributed by atoms with van der Waals surface area (Å²) in [7, 11) is -0.0869. The van der Waals surface area contributed by atoms with Gasteiger partial charge in [0.25, 0.3) is 0 Å². The smallest absolute Gasteiger partial charge is 0.345 e. The first kappa shape index (κ1) is 24.1. The number of hydrogen-bond acceptors (Lipinski definition) is 3. The Labute approximate surface area is 211 Å². The fourth-order valence-electron chi connectivity index (χ4n) is 3.75. The zero-order valence-electron chi connectivity index (χ0n) is 19.6. The van der Waals surface area contributed by atoms with Crippen LogP contribution in [0.1, 0.15) is 30.5 Å². The van der Waals surface area contributed by atoms with Gasteiger partial charge < -0.3 is 9.47 Å². The predicted molar refractivity (Wildman–Crippen MR) is 144 cm³/mol. The Hall–Kier alpha value is -3.07. The standard InChI is InChI=1S/C29H26BrO3S/c1-20-17-24(34-16-14-23-10-6-8-12-26(23)34)18-21(2)28(20)32-19-27(31)33-29(3,4)15-13-22-9-5-7-11-25(22)30/h5-12,14,16-18H,19H2,1-4H3/q+1. The summed E-state index contributed by atoms with van der Waals surface area (Å²) >= 11 is 3.48. The molecular weight excluding hydrogens is 508 g/mol. The van der Waals surface area contributed by atoms with Crippen molar-refractivity contribution in [1.82, 2.24) is 0 Å². The number of esters is 1. The van der Waals surface area contributed by atoms with Gasteiger partial charge in [0.05, 0.1) is 0 Å². The average Bonchev–Trinajstić information content (AvgIpc) is 3.22. The number of ether oxygens (including phenoxy) is 2. The SMILES string of the molecule is Cc1cc(-[s+]2ccc3ccccc32)cc(C)c1OCC(=O)OC(C)(C)C#Cc1ccccc1Br. The van der Waals surface area contributed by atoms with E-state index in [0.29, 0.717) is 0 Å². The number of benzene rings is 3. The third-order valence-electron chi connectivity index (χ3n) is 5.30. The maximum Gasteiger partial charge on any atom is 0.345 e. The molecule has 0 bridgehead atoms. The largest absolute Gasteiger partial charge is 0.481 e. The maximum absolute atomic E-state index is 12.5. The van der Waals surface area contributed by atoms with Crippen molar-refractivity contribution in [3.05, 3.63) is 93.3 Å². The van der Waals surface area contributed by atoms with Crippen molar-refractivity contribution in [1.29, 1.82) is 0 Å². The minimum absolute atomic E-state index is 0.0869. The lowest BCUT2D eigenvalue weighted by atomic mass is 10.1. The molecule has 1 heterocycles. The number of halogens is 1. The molecule has 4 rings (SSSR count). The van der Waals surface area contributed by atoms with Gasteiger partial charge in [0.2, 0.25) is 0 Å². The predicted octanol–water partition coefficient (Wildman–Crippen LogP) is 7.71. The van der Waals surface area contributed by atoms with E-state index < -0.39 is 11.6 Å². The Morgan fingerprint density at radius 2 is 1.68 bits per heavy atom. The van der Waals surface area contributed by atoms with E-state index in [4.69, 9.17) is 9.47 Å². The van der Waals surface area contributed by atoms with Gasteiger partial charge >= 0.3 is 5.97 Å². The molecule has 172 valence electrons. The molecule has 4 aromatic rings. The van der Waals surface area contributed by atoms with Gasteiger partial charge in [-0.15, -0.1) is 0 Å². The lowest BCUT2D eigenvalue weighted by molar-refractivity contribution is -0.154. The van der Waals surface area contributed by atoms with Gasteiger partial charge in [-0.25, -0.2) is 4.79 Å². The molecule has 0 N–H and O–H groups in total. The van der Waals surface area contributed by atoms with E-state index in [9.17, 15) is 4.79 Å². The van der Waals surface area contributed by atoms with Crippen molar-refractivity contribution < 1.29 is 14.3 Å². The molecular formula is C29H26BrO3S+. The molecule has 0 aliphatic carbocycles. The van der Waals surface area contributed by atoms with Gasteiger partial charge in [-0.3, -0.25) is 0 Å². The Morgan fingerprint density at radius 1 is 1.00 bits per heavy atom. The Morgan fingerprint density at radius 3 is 2.41 bits per heavy atom. The van der Waals surface area contributed by atoms with Crippen LogP contribution in [0.25, 0.3) is 15.0 Å². The summed E-state index contributed by atoms with van der Waals surface area (Å²) in [6.07, 6.45) is 0. The third kappa shape index (κ3) is 5.52. The van der Waals surface area contributed by atoms with E-state index in [-0.39, 0.29) is 17.1 Å². The number of rotatable bonds is 5. The summed E-state index contributed by atoms with van der Waals surface area (Å²) in [6, 6.07) is 22.6. The van der Waals surface area contributed by atoms with Crippen LogP contribution < -0.4 is 4.74 Å².